The van der Waals surface area contributed by atoms with E-state index >= 15 is 0 Å². The lowest BCUT2D eigenvalue weighted by atomic mass is 9.85. The van der Waals surface area contributed by atoms with Crippen molar-refractivity contribution in [3.8, 4) is 0 Å². The molecule has 1 aliphatic carbocycles. The molecule has 2 saturated heterocycles. The second-order valence-corrected chi connectivity index (χ2v) is 9.44. The van der Waals surface area contributed by atoms with Gasteiger partial charge in [0, 0.05) is 42.8 Å². The Morgan fingerprint density at radius 3 is 2.69 bits per heavy atom. The highest BCUT2D eigenvalue weighted by Crippen LogP contribution is 2.43. The van der Waals surface area contributed by atoms with E-state index in [1.165, 1.54) is 0 Å². The molecule has 6 nitrogen and oxygen atoms in total. The molecule has 3 aromatic rings. The Bertz CT molecular complexity index is 1210. The molecule has 0 N–H and O–H groups in total. The van der Waals surface area contributed by atoms with E-state index in [4.69, 9.17) is 4.98 Å². The van der Waals surface area contributed by atoms with Crippen LogP contribution < -0.4 is 0 Å². The minimum absolute atomic E-state index is 0.0263. The second-order valence-electron chi connectivity index (χ2n) is 9.44. The topological polar surface area (TPSA) is 66.4 Å². The van der Waals surface area contributed by atoms with Crippen LogP contribution in [0.2, 0.25) is 0 Å². The molecule has 32 heavy (non-hydrogen) atoms. The fourth-order valence-corrected chi connectivity index (χ4v) is 5.29. The second kappa shape index (κ2) is 7.40. The van der Waals surface area contributed by atoms with Crippen LogP contribution in [0.5, 0.6) is 0 Å². The molecule has 2 amide bonds. The molecule has 1 unspecified atom stereocenters. The zero-order valence-electron chi connectivity index (χ0n) is 18.0. The van der Waals surface area contributed by atoms with E-state index in [1.54, 1.807) is 6.20 Å². The van der Waals surface area contributed by atoms with Crippen LogP contribution in [0.15, 0.2) is 54.7 Å². The van der Waals surface area contributed by atoms with Crippen LogP contribution in [-0.2, 0) is 11.3 Å². The van der Waals surface area contributed by atoms with Gasteiger partial charge in [-0.15, -0.1) is 0 Å². The minimum atomic E-state index is -0.452. The van der Waals surface area contributed by atoms with E-state index in [0.29, 0.717) is 25.6 Å². The van der Waals surface area contributed by atoms with Gasteiger partial charge in [-0.2, -0.15) is 0 Å². The number of benzene rings is 1. The van der Waals surface area contributed by atoms with Crippen LogP contribution in [-0.4, -0.2) is 51.2 Å². The van der Waals surface area contributed by atoms with Crippen molar-refractivity contribution < 1.29 is 9.59 Å². The number of hydrogen-bond donors (Lipinski definition) is 0. The first-order valence-corrected chi connectivity index (χ1v) is 11.5. The average molecular weight is 427 g/mol. The van der Waals surface area contributed by atoms with Crippen LogP contribution in [0.3, 0.4) is 0 Å². The Balaban J connectivity index is 1.24. The fraction of sp³-hybridized carbons (Fsp3) is 0.385. The predicted octanol–water partition coefficient (Wildman–Crippen LogP) is 3.77. The molecule has 0 bridgehead atoms. The highest BCUT2D eigenvalue weighted by atomic mass is 16.2. The van der Waals surface area contributed by atoms with Gasteiger partial charge in [0.05, 0.1) is 28.7 Å². The summed E-state index contributed by atoms with van der Waals surface area (Å²) in [5.74, 6) is 0.669. The number of aromatic nitrogens is 2. The highest BCUT2D eigenvalue weighted by molar-refractivity contribution is 6.06. The summed E-state index contributed by atoms with van der Waals surface area (Å²) in [5.41, 5.74) is 3.09. The predicted molar refractivity (Wildman–Crippen MR) is 121 cm³/mol. The number of nitrogens with zero attached hydrogens (tertiary/aromatic N) is 4. The molecule has 3 aliphatic rings. The first kappa shape index (κ1) is 19.4. The molecular weight excluding hydrogens is 400 g/mol. The summed E-state index contributed by atoms with van der Waals surface area (Å²) in [7, 11) is 0. The average Bonchev–Trinajstić information content (AvgIpc) is 3.53. The van der Waals surface area contributed by atoms with E-state index in [-0.39, 0.29) is 11.8 Å². The van der Waals surface area contributed by atoms with Crippen LogP contribution >= 0.6 is 0 Å². The number of pyridine rings is 2. The van der Waals surface area contributed by atoms with Crippen molar-refractivity contribution in [3.05, 3.63) is 71.7 Å². The Hall–Kier alpha value is -3.28. The van der Waals surface area contributed by atoms with Gasteiger partial charge in [-0.25, -0.2) is 0 Å². The maximum absolute atomic E-state index is 13.6. The Morgan fingerprint density at radius 2 is 1.88 bits per heavy atom. The fourth-order valence-electron chi connectivity index (χ4n) is 5.29. The molecule has 1 aromatic carbocycles. The number of carbonyl (C=O) groups excluding carboxylic acids is 2. The summed E-state index contributed by atoms with van der Waals surface area (Å²) in [4.78, 5) is 40.0. The molecule has 1 spiro atoms. The summed E-state index contributed by atoms with van der Waals surface area (Å²) >= 11 is 0. The van der Waals surface area contributed by atoms with Gasteiger partial charge >= 0.3 is 0 Å². The van der Waals surface area contributed by atoms with Crippen molar-refractivity contribution in [2.45, 2.75) is 38.1 Å². The molecule has 0 radical (unpaired) electrons. The van der Waals surface area contributed by atoms with Crippen LogP contribution in [0.25, 0.3) is 10.9 Å². The lowest BCUT2D eigenvalue weighted by molar-refractivity contribution is -0.135. The molecule has 6 rings (SSSR count). The Kier molecular flexibility index (Phi) is 4.49. The maximum atomic E-state index is 13.6. The van der Waals surface area contributed by atoms with Gasteiger partial charge in [0.25, 0.3) is 5.91 Å². The van der Waals surface area contributed by atoms with E-state index in [2.05, 4.69) is 4.98 Å². The van der Waals surface area contributed by atoms with Gasteiger partial charge in [-0.1, -0.05) is 24.3 Å². The van der Waals surface area contributed by atoms with E-state index < -0.39 is 5.41 Å². The van der Waals surface area contributed by atoms with Crippen molar-refractivity contribution in [1.82, 2.24) is 19.8 Å². The molecule has 3 fully saturated rings. The summed E-state index contributed by atoms with van der Waals surface area (Å²) < 4.78 is 0. The van der Waals surface area contributed by atoms with Gasteiger partial charge in [-0.05, 0) is 49.9 Å². The summed E-state index contributed by atoms with van der Waals surface area (Å²) in [6.07, 6.45) is 5.58. The lowest BCUT2D eigenvalue weighted by Crippen LogP contribution is -2.38. The molecule has 2 aliphatic heterocycles. The van der Waals surface area contributed by atoms with Gasteiger partial charge in [-0.3, -0.25) is 19.6 Å². The number of fused-ring (bicyclic) bond motifs is 1. The number of hydrogen-bond acceptors (Lipinski definition) is 4. The Morgan fingerprint density at radius 1 is 1.06 bits per heavy atom. The third kappa shape index (κ3) is 3.25. The number of carbonyl (C=O) groups is 2. The molecule has 1 saturated carbocycles. The number of likely N-dealkylation sites (tertiary alicyclic amines) is 2. The quantitative estimate of drug-likeness (QED) is 0.637. The Labute approximate surface area is 187 Å². The van der Waals surface area contributed by atoms with Crippen molar-refractivity contribution in [1.29, 1.82) is 0 Å². The monoisotopic (exact) mass is 426 g/mol. The van der Waals surface area contributed by atoms with Crippen molar-refractivity contribution in [2.24, 2.45) is 5.41 Å². The maximum Gasteiger partial charge on any atom is 0.254 e. The SMILES string of the molecule is O=C(c1cc(C2CC2)nc2ccccc12)N1CCC2(CCN(Cc3ccccn3)C2=O)C1. The zero-order chi connectivity index (χ0) is 21.7. The third-order valence-corrected chi connectivity index (χ3v) is 7.28. The van der Waals surface area contributed by atoms with E-state index in [0.717, 1.165) is 60.1 Å². The van der Waals surface area contributed by atoms with Crippen molar-refractivity contribution in [3.63, 3.8) is 0 Å². The molecule has 2 aromatic heterocycles. The van der Waals surface area contributed by atoms with Crippen LogP contribution in [0.4, 0.5) is 0 Å². The number of para-hydroxylation sites is 1. The zero-order valence-corrected chi connectivity index (χ0v) is 18.0. The third-order valence-electron chi connectivity index (χ3n) is 7.28. The molecule has 162 valence electrons. The molecular formula is C26H26N4O2. The first-order chi connectivity index (χ1) is 15.6. The minimum Gasteiger partial charge on any atom is -0.338 e. The molecule has 4 heterocycles. The van der Waals surface area contributed by atoms with Gasteiger partial charge in [0.1, 0.15) is 0 Å². The largest absolute Gasteiger partial charge is 0.338 e. The van der Waals surface area contributed by atoms with E-state index in [9.17, 15) is 9.59 Å². The van der Waals surface area contributed by atoms with Gasteiger partial charge < -0.3 is 9.80 Å². The standard InChI is InChI=1S/C26H26N4O2/c31-24(21-15-23(18-8-9-18)28-22-7-2-1-6-20(21)22)30-14-11-26(17-30)10-13-29(25(26)32)16-19-5-3-4-12-27-19/h1-7,12,15,18H,8-11,13-14,16-17H2. The normalized spacial score (nSPS) is 22.9. The van der Waals surface area contributed by atoms with Crippen molar-refractivity contribution >= 4 is 22.7 Å². The van der Waals surface area contributed by atoms with Crippen LogP contribution in [0.1, 0.15) is 53.3 Å². The smallest absolute Gasteiger partial charge is 0.254 e. The number of amides is 2. The number of rotatable bonds is 4. The molecule has 1 atom stereocenters. The first-order valence-electron chi connectivity index (χ1n) is 11.5. The summed E-state index contributed by atoms with van der Waals surface area (Å²) in [6, 6.07) is 15.7. The summed E-state index contributed by atoms with van der Waals surface area (Å²) in [6.45, 7) is 2.38. The highest BCUT2D eigenvalue weighted by Gasteiger charge is 2.51. The van der Waals surface area contributed by atoms with Gasteiger partial charge in [0.2, 0.25) is 5.91 Å². The van der Waals surface area contributed by atoms with Gasteiger partial charge in [0.15, 0.2) is 0 Å². The van der Waals surface area contributed by atoms with Crippen LogP contribution in [0, 0.1) is 5.41 Å². The lowest BCUT2D eigenvalue weighted by Gasteiger charge is -2.24. The summed E-state index contributed by atoms with van der Waals surface area (Å²) in [5, 5.41) is 0.900. The van der Waals surface area contributed by atoms with Crippen molar-refractivity contribution in [2.75, 3.05) is 19.6 Å². The molecule has 6 heteroatoms. The van der Waals surface area contributed by atoms with E-state index in [1.807, 2.05) is 58.3 Å².